The Hall–Kier alpha value is -2.45. The Morgan fingerprint density at radius 3 is 2.45 bits per heavy atom. The van der Waals surface area contributed by atoms with E-state index in [0.717, 1.165) is 0 Å². The Morgan fingerprint density at radius 1 is 1.35 bits per heavy atom. The highest BCUT2D eigenvalue weighted by Gasteiger charge is 2.22. The van der Waals surface area contributed by atoms with Gasteiger partial charge in [0.05, 0.1) is 11.5 Å². The number of nitrogens with zero attached hydrogens (tertiary/aromatic N) is 3. The third kappa shape index (κ3) is 4.34. The molecule has 1 heterocycles. The van der Waals surface area contributed by atoms with Crippen molar-refractivity contribution in [1.82, 2.24) is 15.3 Å². The minimum Gasteiger partial charge on any atom is -0.364 e. The van der Waals surface area contributed by atoms with E-state index in [1.807, 2.05) is 13.8 Å². The number of anilines is 2. The van der Waals surface area contributed by atoms with Gasteiger partial charge in [0.15, 0.2) is 0 Å². The molecular formula is C11H18N6O3. The summed E-state index contributed by atoms with van der Waals surface area (Å²) in [5.74, 6) is -0.128. The molecule has 0 aliphatic carbocycles. The lowest BCUT2D eigenvalue weighted by atomic mass is 10.3. The van der Waals surface area contributed by atoms with E-state index in [9.17, 15) is 14.9 Å². The molecule has 3 N–H and O–H groups in total. The van der Waals surface area contributed by atoms with Crippen molar-refractivity contribution in [2.45, 2.75) is 26.8 Å². The number of carbonyl (C=O) groups excluding carboxylic acids is 1. The summed E-state index contributed by atoms with van der Waals surface area (Å²) in [6, 6.07) is 0.00186. The molecule has 0 saturated heterocycles. The van der Waals surface area contributed by atoms with Gasteiger partial charge in [-0.3, -0.25) is 14.9 Å². The van der Waals surface area contributed by atoms with Crippen LogP contribution in [0, 0.1) is 10.1 Å². The smallest absolute Gasteiger partial charge is 0.353 e. The third-order valence-corrected chi connectivity index (χ3v) is 2.22. The molecule has 9 heteroatoms. The Balaban J connectivity index is 2.86. The van der Waals surface area contributed by atoms with Crippen LogP contribution in [0.2, 0.25) is 0 Å². The number of carbonyl (C=O) groups is 1. The Morgan fingerprint density at radius 2 is 1.95 bits per heavy atom. The van der Waals surface area contributed by atoms with E-state index in [2.05, 4.69) is 25.9 Å². The van der Waals surface area contributed by atoms with Crippen molar-refractivity contribution in [3.8, 4) is 0 Å². The zero-order valence-electron chi connectivity index (χ0n) is 11.6. The van der Waals surface area contributed by atoms with Gasteiger partial charge in [0, 0.05) is 12.6 Å². The second kappa shape index (κ2) is 7.22. The summed E-state index contributed by atoms with van der Waals surface area (Å²) < 4.78 is 0. The fraction of sp³-hybridized carbons (Fsp3) is 0.545. The zero-order valence-corrected chi connectivity index (χ0v) is 11.6. The van der Waals surface area contributed by atoms with Gasteiger partial charge in [-0.1, -0.05) is 0 Å². The van der Waals surface area contributed by atoms with Crippen molar-refractivity contribution < 1.29 is 9.72 Å². The molecule has 0 aliphatic heterocycles. The molecule has 0 aromatic carbocycles. The molecule has 0 radical (unpaired) electrons. The highest BCUT2D eigenvalue weighted by Crippen LogP contribution is 2.28. The molecule has 0 unspecified atom stereocenters. The van der Waals surface area contributed by atoms with Gasteiger partial charge in [-0.05, 0) is 20.8 Å². The minimum atomic E-state index is -0.583. The fourth-order valence-electron chi connectivity index (χ4n) is 1.51. The minimum absolute atomic E-state index is 0.00186. The first kappa shape index (κ1) is 15.6. The number of hydrogen-bond acceptors (Lipinski definition) is 7. The number of nitrogens with one attached hydrogen (secondary N) is 3. The van der Waals surface area contributed by atoms with Crippen molar-refractivity contribution in [1.29, 1.82) is 0 Å². The maximum atomic E-state index is 11.5. The van der Waals surface area contributed by atoms with Gasteiger partial charge in [-0.15, -0.1) is 0 Å². The van der Waals surface area contributed by atoms with Gasteiger partial charge in [0.1, 0.15) is 6.33 Å². The van der Waals surface area contributed by atoms with Gasteiger partial charge < -0.3 is 16.0 Å². The molecule has 0 bridgehead atoms. The first-order valence-corrected chi connectivity index (χ1v) is 6.22. The Labute approximate surface area is 116 Å². The monoisotopic (exact) mass is 282 g/mol. The molecular weight excluding hydrogens is 264 g/mol. The van der Waals surface area contributed by atoms with Gasteiger partial charge in [0.25, 0.3) is 0 Å². The van der Waals surface area contributed by atoms with Crippen LogP contribution >= 0.6 is 0 Å². The van der Waals surface area contributed by atoms with E-state index in [4.69, 9.17) is 0 Å². The molecule has 9 nitrogen and oxygen atoms in total. The van der Waals surface area contributed by atoms with Crippen molar-refractivity contribution in [2.24, 2.45) is 0 Å². The molecule has 1 amide bonds. The molecule has 0 spiro atoms. The summed E-state index contributed by atoms with van der Waals surface area (Å²) in [6.45, 7) is 5.85. The predicted octanol–water partition coefficient (Wildman–Crippen LogP) is 0.753. The quantitative estimate of drug-likeness (QED) is 0.498. The molecule has 1 aromatic heterocycles. The van der Waals surface area contributed by atoms with Crippen molar-refractivity contribution in [3.05, 3.63) is 16.4 Å². The van der Waals surface area contributed by atoms with Crippen LogP contribution in [0.25, 0.3) is 0 Å². The zero-order chi connectivity index (χ0) is 15.1. The topological polar surface area (TPSA) is 122 Å². The third-order valence-electron chi connectivity index (χ3n) is 2.22. The van der Waals surface area contributed by atoms with E-state index >= 15 is 0 Å². The number of rotatable bonds is 7. The van der Waals surface area contributed by atoms with Crippen LogP contribution in [0.5, 0.6) is 0 Å². The molecule has 1 aromatic rings. The molecule has 0 aliphatic rings. The molecule has 20 heavy (non-hydrogen) atoms. The van der Waals surface area contributed by atoms with Crippen LogP contribution in [0.15, 0.2) is 6.33 Å². The van der Waals surface area contributed by atoms with Crippen molar-refractivity contribution >= 4 is 23.2 Å². The first-order valence-electron chi connectivity index (χ1n) is 6.22. The molecule has 0 saturated carbocycles. The summed E-state index contributed by atoms with van der Waals surface area (Å²) in [5.41, 5.74) is -0.272. The number of amides is 1. The normalized spacial score (nSPS) is 10.2. The van der Waals surface area contributed by atoms with Crippen LogP contribution < -0.4 is 16.0 Å². The summed E-state index contributed by atoms with van der Waals surface area (Å²) in [7, 11) is 0. The van der Waals surface area contributed by atoms with E-state index < -0.39 is 4.92 Å². The van der Waals surface area contributed by atoms with E-state index in [1.54, 1.807) is 6.92 Å². The summed E-state index contributed by atoms with van der Waals surface area (Å²) >= 11 is 0. The first-order chi connectivity index (χ1) is 9.45. The summed E-state index contributed by atoms with van der Waals surface area (Å²) in [4.78, 5) is 29.6. The van der Waals surface area contributed by atoms with Crippen LogP contribution in [-0.2, 0) is 4.79 Å². The van der Waals surface area contributed by atoms with Crippen LogP contribution in [0.4, 0.5) is 17.3 Å². The highest BCUT2D eigenvalue weighted by atomic mass is 16.6. The Kier molecular flexibility index (Phi) is 5.63. The van der Waals surface area contributed by atoms with E-state index in [-0.39, 0.29) is 35.8 Å². The summed E-state index contributed by atoms with van der Waals surface area (Å²) in [5, 5.41) is 19.2. The molecule has 1 rings (SSSR count). The average Bonchev–Trinajstić information content (AvgIpc) is 2.35. The lowest BCUT2D eigenvalue weighted by Crippen LogP contribution is -2.35. The lowest BCUT2D eigenvalue weighted by Gasteiger charge is -2.10. The van der Waals surface area contributed by atoms with E-state index in [1.165, 1.54) is 6.33 Å². The van der Waals surface area contributed by atoms with Gasteiger partial charge in [-0.2, -0.15) is 0 Å². The van der Waals surface area contributed by atoms with Crippen molar-refractivity contribution in [2.75, 3.05) is 23.7 Å². The SMILES string of the molecule is CCNc1ncnc(NCC(=O)NC(C)C)c1[N+](=O)[O-]. The average molecular weight is 282 g/mol. The van der Waals surface area contributed by atoms with Crippen LogP contribution in [0.1, 0.15) is 20.8 Å². The van der Waals surface area contributed by atoms with Crippen LogP contribution in [0.3, 0.4) is 0 Å². The highest BCUT2D eigenvalue weighted by molar-refractivity contribution is 5.82. The van der Waals surface area contributed by atoms with Gasteiger partial charge in [0.2, 0.25) is 17.5 Å². The predicted molar refractivity (Wildman–Crippen MR) is 74.6 cm³/mol. The molecule has 0 fully saturated rings. The maximum Gasteiger partial charge on any atom is 0.353 e. The standard InChI is InChI=1S/C11H18N6O3/c1-4-12-10-9(17(19)20)11(15-6-14-10)13-5-8(18)16-7(2)3/h6-7H,4-5H2,1-3H3,(H,16,18)(H2,12,13,14,15). The molecule has 0 atom stereocenters. The van der Waals surface area contributed by atoms with Crippen LogP contribution in [-0.4, -0.2) is 39.9 Å². The number of aromatic nitrogens is 2. The fourth-order valence-corrected chi connectivity index (χ4v) is 1.51. The van der Waals surface area contributed by atoms with E-state index in [0.29, 0.717) is 6.54 Å². The van der Waals surface area contributed by atoms with Gasteiger partial charge >= 0.3 is 5.69 Å². The van der Waals surface area contributed by atoms with Gasteiger partial charge in [-0.25, -0.2) is 9.97 Å². The summed E-state index contributed by atoms with van der Waals surface area (Å²) in [6.07, 6.45) is 1.20. The largest absolute Gasteiger partial charge is 0.364 e. The number of nitro groups is 1. The lowest BCUT2D eigenvalue weighted by molar-refractivity contribution is -0.383. The van der Waals surface area contributed by atoms with Crippen molar-refractivity contribution in [3.63, 3.8) is 0 Å². The Bertz CT molecular complexity index is 491. The second-order valence-corrected chi connectivity index (χ2v) is 4.28. The maximum absolute atomic E-state index is 11.5. The molecule has 110 valence electrons. The number of hydrogen-bond donors (Lipinski definition) is 3. The second-order valence-electron chi connectivity index (χ2n) is 4.28.